The standard InChI is InChI=1S/C13H21NO2S/c1-9-8-10(2)17-13(9)11(14)6-4-5-7-12(15)16-3/h8,11H,4-7,14H2,1-3H3. The number of carbonyl (C=O) groups excluding carboxylic acids is 1. The van der Waals surface area contributed by atoms with E-state index in [2.05, 4.69) is 24.7 Å². The van der Waals surface area contributed by atoms with Crippen LogP contribution in [0.5, 0.6) is 0 Å². The van der Waals surface area contributed by atoms with Gasteiger partial charge in [0.05, 0.1) is 7.11 Å². The fourth-order valence-corrected chi connectivity index (χ4v) is 2.97. The molecule has 0 bridgehead atoms. The molecular formula is C13H21NO2S. The van der Waals surface area contributed by atoms with E-state index in [1.807, 2.05) is 0 Å². The van der Waals surface area contributed by atoms with E-state index in [-0.39, 0.29) is 12.0 Å². The van der Waals surface area contributed by atoms with Gasteiger partial charge in [0, 0.05) is 22.2 Å². The molecule has 0 saturated carbocycles. The Kier molecular flexibility index (Phi) is 5.65. The van der Waals surface area contributed by atoms with Gasteiger partial charge in [-0.1, -0.05) is 6.42 Å². The molecule has 1 unspecified atom stereocenters. The van der Waals surface area contributed by atoms with Gasteiger partial charge in [-0.15, -0.1) is 11.3 Å². The van der Waals surface area contributed by atoms with Gasteiger partial charge in [0.15, 0.2) is 0 Å². The highest BCUT2D eigenvalue weighted by molar-refractivity contribution is 7.12. The van der Waals surface area contributed by atoms with Crippen molar-refractivity contribution >= 4 is 17.3 Å². The molecule has 1 heterocycles. The summed E-state index contributed by atoms with van der Waals surface area (Å²) in [5.74, 6) is -0.137. The van der Waals surface area contributed by atoms with Gasteiger partial charge in [-0.05, 0) is 38.3 Å². The molecule has 1 rings (SSSR count). The molecule has 2 N–H and O–H groups in total. The van der Waals surface area contributed by atoms with Crippen molar-refractivity contribution in [2.45, 2.75) is 45.6 Å². The van der Waals surface area contributed by atoms with Crippen molar-refractivity contribution in [3.63, 3.8) is 0 Å². The number of carbonyl (C=O) groups is 1. The Morgan fingerprint density at radius 3 is 2.71 bits per heavy atom. The van der Waals surface area contributed by atoms with Gasteiger partial charge in [-0.3, -0.25) is 4.79 Å². The van der Waals surface area contributed by atoms with Crippen molar-refractivity contribution in [3.8, 4) is 0 Å². The van der Waals surface area contributed by atoms with Crippen LogP contribution in [0.4, 0.5) is 0 Å². The Hall–Kier alpha value is -0.870. The Morgan fingerprint density at radius 2 is 2.18 bits per heavy atom. The number of methoxy groups -OCH3 is 1. The average molecular weight is 255 g/mol. The first kappa shape index (κ1) is 14.2. The molecule has 0 radical (unpaired) electrons. The zero-order valence-corrected chi connectivity index (χ0v) is 11.6. The first-order valence-electron chi connectivity index (χ1n) is 5.94. The zero-order chi connectivity index (χ0) is 12.8. The Morgan fingerprint density at radius 1 is 1.47 bits per heavy atom. The molecule has 96 valence electrons. The number of unbranched alkanes of at least 4 members (excludes halogenated alkanes) is 1. The molecule has 1 aromatic rings. The first-order chi connectivity index (χ1) is 8.04. The van der Waals surface area contributed by atoms with E-state index in [0.717, 1.165) is 19.3 Å². The van der Waals surface area contributed by atoms with Crippen LogP contribution in [0.15, 0.2) is 6.07 Å². The molecule has 0 aliphatic carbocycles. The highest BCUT2D eigenvalue weighted by Crippen LogP contribution is 2.28. The topological polar surface area (TPSA) is 52.3 Å². The number of rotatable bonds is 6. The summed E-state index contributed by atoms with van der Waals surface area (Å²) >= 11 is 1.77. The Bertz CT molecular complexity index is 373. The van der Waals surface area contributed by atoms with Gasteiger partial charge in [0.25, 0.3) is 0 Å². The maximum Gasteiger partial charge on any atom is 0.305 e. The first-order valence-corrected chi connectivity index (χ1v) is 6.75. The second kappa shape index (κ2) is 6.77. The maximum atomic E-state index is 10.9. The van der Waals surface area contributed by atoms with Gasteiger partial charge in [0.2, 0.25) is 0 Å². The molecule has 0 spiro atoms. The minimum absolute atomic E-state index is 0.103. The molecule has 0 aliphatic heterocycles. The lowest BCUT2D eigenvalue weighted by Gasteiger charge is -2.10. The summed E-state index contributed by atoms with van der Waals surface area (Å²) in [6.45, 7) is 4.21. The number of nitrogens with two attached hydrogens (primary N) is 1. The van der Waals surface area contributed by atoms with E-state index in [4.69, 9.17) is 5.73 Å². The summed E-state index contributed by atoms with van der Waals surface area (Å²) in [5.41, 5.74) is 7.44. The molecule has 0 saturated heterocycles. The summed E-state index contributed by atoms with van der Waals surface area (Å²) in [5, 5.41) is 0. The second-order valence-electron chi connectivity index (χ2n) is 4.33. The highest BCUT2D eigenvalue weighted by atomic mass is 32.1. The van der Waals surface area contributed by atoms with Crippen LogP contribution in [-0.4, -0.2) is 13.1 Å². The minimum Gasteiger partial charge on any atom is -0.469 e. The molecule has 4 heteroatoms. The van der Waals surface area contributed by atoms with Crippen LogP contribution < -0.4 is 5.73 Å². The molecule has 0 aromatic carbocycles. The van der Waals surface area contributed by atoms with Gasteiger partial charge < -0.3 is 10.5 Å². The summed E-state index contributed by atoms with van der Waals surface area (Å²) in [7, 11) is 1.42. The number of aryl methyl sites for hydroxylation is 2. The average Bonchev–Trinajstić information content (AvgIpc) is 2.63. The van der Waals surface area contributed by atoms with Crippen LogP contribution in [0.1, 0.15) is 47.0 Å². The quantitative estimate of drug-likeness (QED) is 0.627. The lowest BCUT2D eigenvalue weighted by molar-refractivity contribution is -0.140. The van der Waals surface area contributed by atoms with Crippen LogP contribution in [0.25, 0.3) is 0 Å². The van der Waals surface area contributed by atoms with E-state index in [9.17, 15) is 4.79 Å². The van der Waals surface area contributed by atoms with Gasteiger partial charge in [-0.25, -0.2) is 0 Å². The second-order valence-corrected chi connectivity index (χ2v) is 5.62. The SMILES string of the molecule is COC(=O)CCCCC(N)c1sc(C)cc1C. The van der Waals surface area contributed by atoms with Crippen molar-refractivity contribution in [1.82, 2.24) is 0 Å². The predicted octanol–water partition coefficient (Wildman–Crippen LogP) is 3.10. The highest BCUT2D eigenvalue weighted by Gasteiger charge is 2.12. The lowest BCUT2D eigenvalue weighted by Crippen LogP contribution is -2.10. The Labute approximate surface area is 107 Å². The molecule has 0 fully saturated rings. The van der Waals surface area contributed by atoms with E-state index < -0.39 is 0 Å². The largest absolute Gasteiger partial charge is 0.469 e. The predicted molar refractivity (Wildman–Crippen MR) is 71.2 cm³/mol. The number of thiophene rings is 1. The summed E-state index contributed by atoms with van der Waals surface area (Å²) in [4.78, 5) is 13.5. The third-order valence-electron chi connectivity index (χ3n) is 2.79. The van der Waals surface area contributed by atoms with E-state index in [0.29, 0.717) is 6.42 Å². The number of ether oxygens (including phenoxy) is 1. The van der Waals surface area contributed by atoms with Gasteiger partial charge >= 0.3 is 5.97 Å². The monoisotopic (exact) mass is 255 g/mol. The number of esters is 1. The molecule has 0 amide bonds. The minimum atomic E-state index is -0.137. The molecule has 1 aromatic heterocycles. The molecule has 3 nitrogen and oxygen atoms in total. The van der Waals surface area contributed by atoms with E-state index >= 15 is 0 Å². The van der Waals surface area contributed by atoms with Crippen molar-refractivity contribution in [1.29, 1.82) is 0 Å². The fraction of sp³-hybridized carbons (Fsp3) is 0.615. The summed E-state index contributed by atoms with van der Waals surface area (Å²) in [6, 6.07) is 2.28. The third-order valence-corrected chi connectivity index (χ3v) is 4.07. The molecule has 17 heavy (non-hydrogen) atoms. The Balaban J connectivity index is 2.32. The van der Waals surface area contributed by atoms with E-state index in [1.54, 1.807) is 11.3 Å². The van der Waals surface area contributed by atoms with Crippen molar-refractivity contribution in [2.75, 3.05) is 7.11 Å². The lowest BCUT2D eigenvalue weighted by atomic mass is 10.1. The summed E-state index contributed by atoms with van der Waals surface area (Å²) < 4.78 is 4.60. The van der Waals surface area contributed by atoms with Crippen molar-refractivity contribution < 1.29 is 9.53 Å². The zero-order valence-electron chi connectivity index (χ0n) is 10.8. The fourth-order valence-electron chi connectivity index (χ4n) is 1.89. The van der Waals surface area contributed by atoms with Crippen LogP contribution in [0, 0.1) is 13.8 Å². The van der Waals surface area contributed by atoms with Crippen LogP contribution in [-0.2, 0) is 9.53 Å². The van der Waals surface area contributed by atoms with Crippen molar-refractivity contribution in [2.24, 2.45) is 5.73 Å². The van der Waals surface area contributed by atoms with Gasteiger partial charge in [-0.2, -0.15) is 0 Å². The smallest absolute Gasteiger partial charge is 0.305 e. The summed E-state index contributed by atoms with van der Waals surface area (Å²) in [6.07, 6.45) is 3.24. The normalized spacial score (nSPS) is 12.5. The number of hydrogen-bond donors (Lipinski definition) is 1. The molecule has 1 atom stereocenters. The molecular weight excluding hydrogens is 234 g/mol. The molecule has 0 aliphatic rings. The maximum absolute atomic E-state index is 10.9. The van der Waals surface area contributed by atoms with Crippen LogP contribution in [0.3, 0.4) is 0 Å². The van der Waals surface area contributed by atoms with Crippen molar-refractivity contribution in [3.05, 3.63) is 21.4 Å². The number of hydrogen-bond acceptors (Lipinski definition) is 4. The van der Waals surface area contributed by atoms with E-state index in [1.165, 1.54) is 22.4 Å². The van der Waals surface area contributed by atoms with Crippen LogP contribution in [0.2, 0.25) is 0 Å². The van der Waals surface area contributed by atoms with Crippen LogP contribution >= 0.6 is 11.3 Å². The van der Waals surface area contributed by atoms with Gasteiger partial charge in [0.1, 0.15) is 0 Å². The third kappa shape index (κ3) is 4.48.